The number of pyridine rings is 1. The highest BCUT2D eigenvalue weighted by atomic mass is 16.5. The lowest BCUT2D eigenvalue weighted by atomic mass is 9.94. The number of ether oxygens (including phenoxy) is 2. The van der Waals surface area contributed by atoms with Gasteiger partial charge in [0.15, 0.2) is 11.5 Å². The summed E-state index contributed by atoms with van der Waals surface area (Å²) in [6, 6.07) is 19.9. The highest BCUT2D eigenvalue weighted by molar-refractivity contribution is 5.86. The average molecular weight is 373 g/mol. The summed E-state index contributed by atoms with van der Waals surface area (Å²) < 4.78 is 11.3. The maximum atomic E-state index is 5.74. The first-order chi connectivity index (χ1) is 13.7. The van der Waals surface area contributed by atoms with E-state index in [1.165, 1.54) is 5.39 Å². The topological polar surface area (TPSA) is 59.2 Å². The number of anilines is 1. The molecule has 5 heteroatoms. The third-order valence-corrected chi connectivity index (χ3v) is 4.93. The van der Waals surface area contributed by atoms with E-state index in [2.05, 4.69) is 46.5 Å². The number of methoxy groups -OCH3 is 2. The average Bonchev–Trinajstić information content (AvgIpc) is 3.07. The summed E-state index contributed by atoms with van der Waals surface area (Å²) in [5.41, 5.74) is 4.34. The molecule has 0 aliphatic carbocycles. The monoisotopic (exact) mass is 373 g/mol. The SMILES string of the molecule is COc1cccc([C@@H](Nc2ccccn2)c2c(C)[nH]c3ccccc23)c1OC. The zero-order valence-corrected chi connectivity index (χ0v) is 16.2. The maximum Gasteiger partial charge on any atom is 0.166 e. The van der Waals surface area contributed by atoms with E-state index in [-0.39, 0.29) is 6.04 Å². The van der Waals surface area contributed by atoms with Crippen LogP contribution in [0.5, 0.6) is 11.5 Å². The Balaban J connectivity index is 1.94. The number of H-pyrrole nitrogens is 1. The van der Waals surface area contributed by atoms with Crippen LogP contribution in [-0.4, -0.2) is 24.2 Å². The van der Waals surface area contributed by atoms with Crippen LogP contribution in [0.3, 0.4) is 0 Å². The fourth-order valence-corrected chi connectivity index (χ4v) is 3.71. The van der Waals surface area contributed by atoms with Crippen molar-refractivity contribution >= 4 is 16.7 Å². The highest BCUT2D eigenvalue weighted by Crippen LogP contribution is 2.41. The standard InChI is InChI=1S/C23H23N3O2/c1-15-21(16-9-4-5-11-18(16)25-15)22(26-20-13-6-7-14-24-20)17-10-8-12-19(27-2)23(17)28-3/h4-14,22,25H,1-3H3,(H,24,26)/t22-/m1/s1. The molecule has 0 unspecified atom stereocenters. The predicted octanol–water partition coefficient (Wildman–Crippen LogP) is 5.09. The van der Waals surface area contributed by atoms with Crippen molar-refractivity contribution in [2.24, 2.45) is 0 Å². The summed E-state index contributed by atoms with van der Waals surface area (Å²) in [6.45, 7) is 2.09. The molecule has 2 aromatic carbocycles. The van der Waals surface area contributed by atoms with Crippen LogP contribution >= 0.6 is 0 Å². The van der Waals surface area contributed by atoms with E-state index in [0.29, 0.717) is 11.5 Å². The lowest BCUT2D eigenvalue weighted by Crippen LogP contribution is -2.15. The molecule has 142 valence electrons. The number of aromatic nitrogens is 2. The van der Waals surface area contributed by atoms with Gasteiger partial charge >= 0.3 is 0 Å². The van der Waals surface area contributed by atoms with Crippen LogP contribution in [-0.2, 0) is 0 Å². The number of rotatable bonds is 6. The van der Waals surface area contributed by atoms with E-state index in [9.17, 15) is 0 Å². The second kappa shape index (κ2) is 7.64. The number of aromatic amines is 1. The van der Waals surface area contributed by atoms with Gasteiger partial charge in [0.05, 0.1) is 20.3 Å². The molecule has 0 aliphatic heterocycles. The van der Waals surface area contributed by atoms with E-state index in [4.69, 9.17) is 9.47 Å². The molecule has 0 bridgehead atoms. The van der Waals surface area contributed by atoms with Gasteiger partial charge < -0.3 is 19.8 Å². The van der Waals surface area contributed by atoms with E-state index in [1.54, 1.807) is 20.4 Å². The van der Waals surface area contributed by atoms with Crippen LogP contribution in [0, 0.1) is 6.92 Å². The normalized spacial score (nSPS) is 12.0. The number of benzene rings is 2. The van der Waals surface area contributed by atoms with Gasteiger partial charge in [0.1, 0.15) is 5.82 Å². The minimum absolute atomic E-state index is 0.170. The van der Waals surface area contributed by atoms with E-state index < -0.39 is 0 Å². The van der Waals surface area contributed by atoms with Crippen molar-refractivity contribution < 1.29 is 9.47 Å². The molecule has 1 atom stereocenters. The molecule has 2 aromatic heterocycles. The summed E-state index contributed by atoms with van der Waals surface area (Å²) >= 11 is 0. The van der Waals surface area contributed by atoms with Crippen LogP contribution < -0.4 is 14.8 Å². The number of nitrogens with one attached hydrogen (secondary N) is 2. The Morgan fingerprint density at radius 2 is 1.75 bits per heavy atom. The van der Waals surface area contributed by atoms with Crippen LogP contribution in [0.1, 0.15) is 22.9 Å². The minimum Gasteiger partial charge on any atom is -0.493 e. The number of hydrogen-bond acceptors (Lipinski definition) is 4. The van der Waals surface area contributed by atoms with Gasteiger partial charge in [0.2, 0.25) is 0 Å². The van der Waals surface area contributed by atoms with Gasteiger partial charge in [-0.25, -0.2) is 4.98 Å². The van der Waals surface area contributed by atoms with Crippen molar-refractivity contribution in [2.45, 2.75) is 13.0 Å². The first kappa shape index (κ1) is 17.9. The Bertz CT molecular complexity index is 1090. The molecule has 0 radical (unpaired) electrons. The molecule has 0 amide bonds. The first-order valence-electron chi connectivity index (χ1n) is 9.18. The summed E-state index contributed by atoms with van der Waals surface area (Å²) in [4.78, 5) is 7.97. The smallest absolute Gasteiger partial charge is 0.166 e. The predicted molar refractivity (Wildman–Crippen MR) is 112 cm³/mol. The van der Waals surface area contributed by atoms with Crippen molar-refractivity contribution in [3.05, 3.63) is 83.7 Å². The van der Waals surface area contributed by atoms with Crippen molar-refractivity contribution in [3.8, 4) is 11.5 Å². The minimum atomic E-state index is -0.170. The molecule has 2 N–H and O–H groups in total. The molecule has 0 saturated heterocycles. The largest absolute Gasteiger partial charge is 0.493 e. The van der Waals surface area contributed by atoms with Crippen LogP contribution in [0.15, 0.2) is 66.9 Å². The summed E-state index contributed by atoms with van der Waals surface area (Å²) in [7, 11) is 3.32. The summed E-state index contributed by atoms with van der Waals surface area (Å²) in [5, 5.41) is 4.76. The molecule has 2 heterocycles. The molecule has 0 fully saturated rings. The van der Waals surface area contributed by atoms with Gasteiger partial charge in [0.25, 0.3) is 0 Å². The molecule has 28 heavy (non-hydrogen) atoms. The number of aryl methyl sites for hydroxylation is 1. The zero-order valence-electron chi connectivity index (χ0n) is 16.2. The maximum absolute atomic E-state index is 5.74. The molecule has 5 nitrogen and oxygen atoms in total. The van der Waals surface area contributed by atoms with Crippen LogP contribution in [0.4, 0.5) is 5.82 Å². The second-order valence-corrected chi connectivity index (χ2v) is 6.58. The number of hydrogen-bond donors (Lipinski definition) is 2. The molecule has 4 aromatic rings. The van der Waals surface area contributed by atoms with E-state index >= 15 is 0 Å². The van der Waals surface area contributed by atoms with Crippen molar-refractivity contribution in [3.63, 3.8) is 0 Å². The van der Waals surface area contributed by atoms with Crippen molar-refractivity contribution in [2.75, 3.05) is 19.5 Å². The van der Waals surface area contributed by atoms with Gasteiger partial charge in [-0.1, -0.05) is 36.4 Å². The summed E-state index contributed by atoms with van der Waals surface area (Å²) in [5.74, 6) is 2.20. The number of para-hydroxylation sites is 2. The van der Waals surface area contributed by atoms with Gasteiger partial charge in [-0.3, -0.25) is 0 Å². The fourth-order valence-electron chi connectivity index (χ4n) is 3.71. The molecule has 0 aliphatic rings. The molecule has 4 rings (SSSR count). The lowest BCUT2D eigenvalue weighted by molar-refractivity contribution is 0.351. The highest BCUT2D eigenvalue weighted by Gasteiger charge is 2.25. The van der Waals surface area contributed by atoms with E-state index in [0.717, 1.165) is 28.2 Å². The van der Waals surface area contributed by atoms with Crippen LogP contribution in [0.25, 0.3) is 10.9 Å². The van der Waals surface area contributed by atoms with E-state index in [1.807, 2.05) is 36.4 Å². The Kier molecular flexibility index (Phi) is 4.89. The Morgan fingerprint density at radius 3 is 2.50 bits per heavy atom. The molecular formula is C23H23N3O2. The third kappa shape index (κ3) is 3.16. The van der Waals surface area contributed by atoms with Gasteiger partial charge in [-0.05, 0) is 31.2 Å². The second-order valence-electron chi connectivity index (χ2n) is 6.58. The Labute approximate surface area is 164 Å². The number of fused-ring (bicyclic) bond motifs is 1. The Hall–Kier alpha value is -3.47. The lowest BCUT2D eigenvalue weighted by Gasteiger charge is -2.24. The quantitative estimate of drug-likeness (QED) is 0.494. The van der Waals surface area contributed by atoms with Crippen LogP contribution in [0.2, 0.25) is 0 Å². The molecular weight excluding hydrogens is 350 g/mol. The third-order valence-electron chi connectivity index (χ3n) is 4.93. The summed E-state index contributed by atoms with van der Waals surface area (Å²) in [6.07, 6.45) is 1.78. The zero-order chi connectivity index (χ0) is 19.5. The fraction of sp³-hybridized carbons (Fsp3) is 0.174. The number of nitrogens with zero attached hydrogens (tertiary/aromatic N) is 1. The van der Waals surface area contributed by atoms with Gasteiger partial charge in [-0.2, -0.15) is 0 Å². The van der Waals surface area contributed by atoms with Crippen molar-refractivity contribution in [1.29, 1.82) is 0 Å². The molecule has 0 saturated carbocycles. The van der Waals surface area contributed by atoms with Gasteiger partial charge in [0, 0.05) is 33.9 Å². The van der Waals surface area contributed by atoms with Gasteiger partial charge in [-0.15, -0.1) is 0 Å². The first-order valence-corrected chi connectivity index (χ1v) is 9.18. The molecule has 0 spiro atoms. The Morgan fingerprint density at radius 1 is 0.929 bits per heavy atom. The van der Waals surface area contributed by atoms with Crippen molar-refractivity contribution in [1.82, 2.24) is 9.97 Å².